The molecule has 1 aliphatic rings. The molecule has 4 rings (SSSR count). The molecule has 0 radical (unpaired) electrons. The molecule has 7 heteroatoms. The van der Waals surface area contributed by atoms with E-state index in [1.807, 2.05) is 44.2 Å². The highest BCUT2D eigenvalue weighted by atomic mass is 16.5. The van der Waals surface area contributed by atoms with Crippen molar-refractivity contribution in [1.29, 1.82) is 0 Å². The van der Waals surface area contributed by atoms with Crippen LogP contribution in [0.25, 0.3) is 5.57 Å². The Morgan fingerprint density at radius 1 is 0.853 bits per heavy atom. The number of nitrogens with zero attached hydrogens (tertiary/aromatic N) is 1. The molecule has 0 fully saturated rings. The fourth-order valence-corrected chi connectivity index (χ4v) is 3.88. The molecule has 0 bridgehead atoms. The van der Waals surface area contributed by atoms with Gasteiger partial charge in [0, 0.05) is 11.8 Å². The quantitative estimate of drug-likeness (QED) is 0.489. The van der Waals surface area contributed by atoms with Gasteiger partial charge in [-0.25, -0.2) is 4.90 Å². The van der Waals surface area contributed by atoms with Gasteiger partial charge in [0.25, 0.3) is 11.8 Å². The van der Waals surface area contributed by atoms with E-state index >= 15 is 0 Å². The van der Waals surface area contributed by atoms with Crippen LogP contribution in [0.15, 0.2) is 72.4 Å². The Morgan fingerprint density at radius 3 is 2.32 bits per heavy atom. The van der Waals surface area contributed by atoms with Gasteiger partial charge < -0.3 is 19.5 Å². The zero-order valence-electron chi connectivity index (χ0n) is 19.5. The van der Waals surface area contributed by atoms with Gasteiger partial charge in [0.2, 0.25) is 0 Å². The first kappa shape index (κ1) is 22.9. The lowest BCUT2D eigenvalue weighted by atomic mass is 10.0. The Hall–Kier alpha value is -4.26. The van der Waals surface area contributed by atoms with Crippen LogP contribution in [0.5, 0.6) is 17.2 Å². The van der Waals surface area contributed by atoms with Crippen LogP contribution in [0.3, 0.4) is 0 Å². The van der Waals surface area contributed by atoms with Gasteiger partial charge in [0.15, 0.2) is 11.5 Å². The largest absolute Gasteiger partial charge is 0.494 e. The number of nitrogens with one attached hydrogen (secondary N) is 1. The van der Waals surface area contributed by atoms with E-state index in [0.29, 0.717) is 40.8 Å². The summed E-state index contributed by atoms with van der Waals surface area (Å²) >= 11 is 0. The van der Waals surface area contributed by atoms with Crippen molar-refractivity contribution in [3.8, 4) is 17.2 Å². The third-order valence-corrected chi connectivity index (χ3v) is 5.43. The average molecular weight is 459 g/mol. The van der Waals surface area contributed by atoms with Crippen LogP contribution in [0.2, 0.25) is 0 Å². The number of rotatable bonds is 8. The maximum absolute atomic E-state index is 13.7. The van der Waals surface area contributed by atoms with Crippen molar-refractivity contribution in [3.05, 3.63) is 83.6 Å². The molecule has 3 aromatic rings. The SMILES string of the molecule is CCOc1cccc(NC2=C(c3ccc(OC)c(OC)c3)C(=O)N(c3cccc(C)c3)C2=O)c1. The molecule has 1 N–H and O–H groups in total. The summed E-state index contributed by atoms with van der Waals surface area (Å²) in [5, 5.41) is 3.16. The van der Waals surface area contributed by atoms with E-state index in [9.17, 15) is 9.59 Å². The predicted octanol–water partition coefficient (Wildman–Crippen LogP) is 4.81. The van der Waals surface area contributed by atoms with Crippen molar-refractivity contribution in [2.45, 2.75) is 13.8 Å². The second-order valence-corrected chi connectivity index (χ2v) is 7.69. The minimum absolute atomic E-state index is 0.173. The van der Waals surface area contributed by atoms with E-state index in [1.54, 1.807) is 43.5 Å². The number of anilines is 2. The second-order valence-electron chi connectivity index (χ2n) is 7.69. The first-order valence-electron chi connectivity index (χ1n) is 10.9. The topological polar surface area (TPSA) is 77.1 Å². The average Bonchev–Trinajstić information content (AvgIpc) is 3.08. The number of methoxy groups -OCH3 is 2. The van der Waals surface area contributed by atoms with E-state index in [0.717, 1.165) is 5.56 Å². The molecule has 0 saturated heterocycles. The summed E-state index contributed by atoms with van der Waals surface area (Å²) in [6.45, 7) is 4.33. The molecular weight excluding hydrogens is 432 g/mol. The number of benzene rings is 3. The molecule has 0 spiro atoms. The van der Waals surface area contributed by atoms with Crippen molar-refractivity contribution in [2.75, 3.05) is 31.0 Å². The Morgan fingerprint density at radius 2 is 1.62 bits per heavy atom. The Kier molecular flexibility index (Phi) is 6.54. The zero-order chi connectivity index (χ0) is 24.2. The van der Waals surface area contributed by atoms with Crippen LogP contribution in [0.1, 0.15) is 18.1 Å². The first-order chi connectivity index (χ1) is 16.5. The third-order valence-electron chi connectivity index (χ3n) is 5.43. The molecular formula is C27H26N2O5. The fourth-order valence-electron chi connectivity index (χ4n) is 3.88. The first-order valence-corrected chi connectivity index (χ1v) is 10.9. The highest BCUT2D eigenvalue weighted by Crippen LogP contribution is 2.37. The van der Waals surface area contributed by atoms with Gasteiger partial charge >= 0.3 is 0 Å². The summed E-state index contributed by atoms with van der Waals surface area (Å²) < 4.78 is 16.3. The van der Waals surface area contributed by atoms with E-state index < -0.39 is 11.8 Å². The lowest BCUT2D eigenvalue weighted by Gasteiger charge is -2.16. The van der Waals surface area contributed by atoms with E-state index in [1.165, 1.54) is 12.0 Å². The van der Waals surface area contributed by atoms with E-state index in [4.69, 9.17) is 14.2 Å². The van der Waals surface area contributed by atoms with Gasteiger partial charge in [-0.05, 0) is 61.4 Å². The number of ether oxygens (including phenoxy) is 3. The van der Waals surface area contributed by atoms with E-state index in [2.05, 4.69) is 5.32 Å². The van der Waals surface area contributed by atoms with E-state index in [-0.39, 0.29) is 11.3 Å². The Balaban J connectivity index is 1.84. The molecule has 2 amide bonds. The molecule has 0 unspecified atom stereocenters. The van der Waals surface area contributed by atoms with Gasteiger partial charge in [-0.2, -0.15) is 0 Å². The summed E-state index contributed by atoms with van der Waals surface area (Å²) in [6, 6.07) is 19.7. The smallest absolute Gasteiger partial charge is 0.282 e. The second kappa shape index (κ2) is 9.70. The normalized spacial score (nSPS) is 13.4. The Bertz CT molecular complexity index is 1280. The number of imide groups is 1. The van der Waals surface area contributed by atoms with Crippen molar-refractivity contribution >= 4 is 28.8 Å². The molecule has 0 aromatic heterocycles. The number of hydrogen-bond acceptors (Lipinski definition) is 6. The zero-order valence-corrected chi connectivity index (χ0v) is 19.5. The number of amides is 2. The molecule has 1 aliphatic heterocycles. The molecule has 34 heavy (non-hydrogen) atoms. The molecule has 0 atom stereocenters. The molecule has 174 valence electrons. The maximum Gasteiger partial charge on any atom is 0.282 e. The Labute approximate surface area is 198 Å². The fraction of sp³-hybridized carbons (Fsp3) is 0.185. The van der Waals surface area contributed by atoms with Crippen LogP contribution in [-0.4, -0.2) is 32.6 Å². The number of carbonyl (C=O) groups is 2. The van der Waals surface area contributed by atoms with Crippen molar-refractivity contribution in [3.63, 3.8) is 0 Å². The van der Waals surface area contributed by atoms with Crippen molar-refractivity contribution < 1.29 is 23.8 Å². The number of aryl methyl sites for hydroxylation is 1. The van der Waals surface area contributed by atoms with Crippen molar-refractivity contribution in [2.24, 2.45) is 0 Å². The predicted molar refractivity (Wildman–Crippen MR) is 131 cm³/mol. The van der Waals surface area contributed by atoms with Crippen LogP contribution in [0, 0.1) is 6.92 Å². The molecule has 0 saturated carbocycles. The highest BCUT2D eigenvalue weighted by molar-refractivity contribution is 6.46. The van der Waals surface area contributed by atoms with Gasteiger partial charge in [0.05, 0.1) is 32.1 Å². The van der Waals surface area contributed by atoms with Crippen LogP contribution in [0.4, 0.5) is 11.4 Å². The van der Waals surface area contributed by atoms with Gasteiger partial charge in [-0.1, -0.05) is 24.3 Å². The summed E-state index contributed by atoms with van der Waals surface area (Å²) in [7, 11) is 3.06. The van der Waals surface area contributed by atoms with Crippen LogP contribution >= 0.6 is 0 Å². The summed E-state index contributed by atoms with van der Waals surface area (Å²) in [5.74, 6) is 0.777. The lowest BCUT2D eigenvalue weighted by Crippen LogP contribution is -2.32. The molecule has 3 aromatic carbocycles. The minimum atomic E-state index is -0.442. The minimum Gasteiger partial charge on any atom is -0.494 e. The maximum atomic E-state index is 13.7. The van der Waals surface area contributed by atoms with Crippen LogP contribution in [-0.2, 0) is 9.59 Å². The van der Waals surface area contributed by atoms with Crippen molar-refractivity contribution in [1.82, 2.24) is 0 Å². The lowest BCUT2D eigenvalue weighted by molar-refractivity contribution is -0.120. The van der Waals surface area contributed by atoms with Gasteiger partial charge in [0.1, 0.15) is 11.4 Å². The van der Waals surface area contributed by atoms with Crippen LogP contribution < -0.4 is 24.4 Å². The monoisotopic (exact) mass is 458 g/mol. The molecule has 7 nitrogen and oxygen atoms in total. The summed E-state index contributed by atoms with van der Waals surface area (Å²) in [5.41, 5.74) is 3.03. The number of carbonyl (C=O) groups excluding carboxylic acids is 2. The standard InChI is InChI=1S/C27H26N2O5/c1-5-34-21-11-7-9-19(16-21)28-25-24(18-12-13-22(32-3)23(15-18)33-4)26(30)29(27(25)31)20-10-6-8-17(2)14-20/h6-16,28H,5H2,1-4H3. The molecule has 1 heterocycles. The third kappa shape index (κ3) is 4.32. The summed E-state index contributed by atoms with van der Waals surface area (Å²) in [4.78, 5) is 28.5. The molecule has 0 aliphatic carbocycles. The summed E-state index contributed by atoms with van der Waals surface area (Å²) in [6.07, 6.45) is 0. The highest BCUT2D eigenvalue weighted by Gasteiger charge is 2.40. The van der Waals surface area contributed by atoms with Gasteiger partial charge in [-0.15, -0.1) is 0 Å². The van der Waals surface area contributed by atoms with Gasteiger partial charge in [-0.3, -0.25) is 9.59 Å². The number of hydrogen-bond donors (Lipinski definition) is 1.